The van der Waals surface area contributed by atoms with Crippen LogP contribution in [0.1, 0.15) is 25.7 Å². The van der Waals surface area contributed by atoms with E-state index in [1.807, 2.05) is 24.3 Å². The highest BCUT2D eigenvalue weighted by Crippen LogP contribution is 2.26. The molecule has 1 fully saturated rings. The number of methoxy groups -OCH3 is 1. The first-order valence-electron chi connectivity index (χ1n) is 7.46. The van der Waals surface area contributed by atoms with Crippen molar-refractivity contribution >= 4 is 0 Å². The molecule has 4 heteroatoms. The molecule has 1 aliphatic rings. The van der Waals surface area contributed by atoms with Crippen LogP contribution in [0.25, 0.3) is 0 Å². The maximum absolute atomic E-state index is 8.94. The van der Waals surface area contributed by atoms with Crippen molar-refractivity contribution in [3.05, 3.63) is 24.3 Å². The van der Waals surface area contributed by atoms with E-state index >= 15 is 0 Å². The Balaban J connectivity index is 1.77. The molecule has 0 radical (unpaired) electrons. The number of aliphatic hydroxyl groups is 1. The summed E-state index contributed by atoms with van der Waals surface area (Å²) in [4.78, 5) is 2.48. The third kappa shape index (κ3) is 4.12. The van der Waals surface area contributed by atoms with Gasteiger partial charge in [0.25, 0.3) is 0 Å². The second kappa shape index (κ2) is 8.12. The second-order valence-electron chi connectivity index (χ2n) is 5.20. The Morgan fingerprint density at radius 3 is 2.85 bits per heavy atom. The number of aliphatic hydroxyl groups excluding tert-OH is 1. The Morgan fingerprint density at radius 1 is 1.30 bits per heavy atom. The first kappa shape index (κ1) is 15.1. The van der Waals surface area contributed by atoms with E-state index in [2.05, 4.69) is 4.90 Å². The van der Waals surface area contributed by atoms with Crippen LogP contribution in [0.4, 0.5) is 0 Å². The van der Waals surface area contributed by atoms with Gasteiger partial charge < -0.3 is 14.6 Å². The fourth-order valence-electron chi connectivity index (χ4n) is 2.85. The summed E-state index contributed by atoms with van der Waals surface area (Å²) in [6, 6.07) is 8.36. The van der Waals surface area contributed by atoms with Crippen molar-refractivity contribution in [2.45, 2.75) is 31.7 Å². The molecular weight excluding hydrogens is 254 g/mol. The third-order valence-electron chi connectivity index (χ3n) is 3.90. The molecule has 1 heterocycles. The van der Waals surface area contributed by atoms with Crippen LogP contribution >= 0.6 is 0 Å². The Morgan fingerprint density at radius 2 is 2.10 bits per heavy atom. The van der Waals surface area contributed by atoms with E-state index in [1.54, 1.807) is 7.11 Å². The Hall–Kier alpha value is -1.26. The van der Waals surface area contributed by atoms with E-state index in [1.165, 1.54) is 12.8 Å². The molecule has 0 saturated carbocycles. The maximum Gasteiger partial charge on any atom is 0.161 e. The Kier molecular flexibility index (Phi) is 6.15. The highest BCUT2D eigenvalue weighted by Gasteiger charge is 2.23. The lowest BCUT2D eigenvalue weighted by Crippen LogP contribution is -2.33. The van der Waals surface area contributed by atoms with Crippen molar-refractivity contribution in [1.29, 1.82) is 0 Å². The van der Waals surface area contributed by atoms with Gasteiger partial charge >= 0.3 is 0 Å². The molecular formula is C16H25NO3. The fraction of sp³-hybridized carbons (Fsp3) is 0.625. The number of hydrogen-bond donors (Lipinski definition) is 1. The van der Waals surface area contributed by atoms with Crippen LogP contribution in [0.15, 0.2) is 24.3 Å². The predicted molar refractivity (Wildman–Crippen MR) is 79.4 cm³/mol. The van der Waals surface area contributed by atoms with E-state index in [0.717, 1.165) is 37.4 Å². The van der Waals surface area contributed by atoms with Crippen molar-refractivity contribution in [3.63, 3.8) is 0 Å². The highest BCUT2D eigenvalue weighted by atomic mass is 16.5. The van der Waals surface area contributed by atoms with E-state index in [-0.39, 0.29) is 0 Å². The molecule has 0 aromatic heterocycles. The van der Waals surface area contributed by atoms with Crippen LogP contribution < -0.4 is 9.47 Å². The SMILES string of the molecule is COc1ccccc1OCCN1CCCC1CCCO. The normalized spacial score (nSPS) is 19.2. The topological polar surface area (TPSA) is 41.9 Å². The van der Waals surface area contributed by atoms with Crippen LogP contribution in [0.5, 0.6) is 11.5 Å². The van der Waals surface area contributed by atoms with Gasteiger partial charge in [-0.25, -0.2) is 0 Å². The van der Waals surface area contributed by atoms with Crippen molar-refractivity contribution in [2.75, 3.05) is 33.4 Å². The average molecular weight is 279 g/mol. The van der Waals surface area contributed by atoms with Gasteiger partial charge in [0.05, 0.1) is 7.11 Å². The number of likely N-dealkylation sites (tertiary alicyclic amines) is 1. The number of rotatable bonds is 8. The van der Waals surface area contributed by atoms with Crippen LogP contribution in [0.2, 0.25) is 0 Å². The number of ether oxygens (including phenoxy) is 2. The number of para-hydroxylation sites is 2. The summed E-state index contributed by atoms with van der Waals surface area (Å²) in [5.41, 5.74) is 0. The largest absolute Gasteiger partial charge is 0.493 e. The number of nitrogens with zero attached hydrogens (tertiary/aromatic N) is 1. The van der Waals surface area contributed by atoms with Gasteiger partial charge in [-0.2, -0.15) is 0 Å². The molecule has 112 valence electrons. The van der Waals surface area contributed by atoms with Gasteiger partial charge in [0.1, 0.15) is 6.61 Å². The summed E-state index contributed by atoms with van der Waals surface area (Å²) in [6.45, 7) is 3.05. The molecule has 1 unspecified atom stereocenters. The Labute approximate surface area is 121 Å². The average Bonchev–Trinajstić information content (AvgIpc) is 2.93. The van der Waals surface area contributed by atoms with Gasteiger partial charge in [0.15, 0.2) is 11.5 Å². The molecule has 1 N–H and O–H groups in total. The maximum atomic E-state index is 8.94. The Bertz CT molecular complexity index is 397. The minimum Gasteiger partial charge on any atom is -0.493 e. The third-order valence-corrected chi connectivity index (χ3v) is 3.90. The van der Waals surface area contributed by atoms with Crippen molar-refractivity contribution in [3.8, 4) is 11.5 Å². The standard InChI is InChI=1S/C16H25NO3/c1-19-15-8-2-3-9-16(15)20-13-11-17-10-4-6-14(17)7-5-12-18/h2-3,8-9,14,18H,4-7,10-13H2,1H3. The molecule has 1 aliphatic heterocycles. The first-order chi connectivity index (χ1) is 9.85. The van der Waals surface area contributed by atoms with Crippen LogP contribution in [0.3, 0.4) is 0 Å². The molecule has 0 aliphatic carbocycles. The van der Waals surface area contributed by atoms with Crippen molar-refractivity contribution < 1.29 is 14.6 Å². The van der Waals surface area contributed by atoms with Gasteiger partial charge in [-0.05, 0) is 44.4 Å². The molecule has 20 heavy (non-hydrogen) atoms. The molecule has 0 bridgehead atoms. The summed E-state index contributed by atoms with van der Waals surface area (Å²) in [5, 5.41) is 8.94. The summed E-state index contributed by atoms with van der Waals surface area (Å²) in [6.07, 6.45) is 4.49. The second-order valence-corrected chi connectivity index (χ2v) is 5.20. The molecule has 1 aromatic rings. The number of benzene rings is 1. The summed E-state index contributed by atoms with van der Waals surface area (Å²) < 4.78 is 11.1. The van der Waals surface area contributed by atoms with Gasteiger partial charge in [0.2, 0.25) is 0 Å². The van der Waals surface area contributed by atoms with Crippen LogP contribution in [-0.2, 0) is 0 Å². The van der Waals surface area contributed by atoms with Crippen LogP contribution in [-0.4, -0.2) is 49.5 Å². The zero-order chi connectivity index (χ0) is 14.2. The zero-order valence-corrected chi connectivity index (χ0v) is 12.3. The summed E-state index contributed by atoms with van der Waals surface area (Å²) in [7, 11) is 1.66. The number of hydrogen-bond acceptors (Lipinski definition) is 4. The van der Waals surface area contributed by atoms with Gasteiger partial charge in [-0.1, -0.05) is 12.1 Å². The molecule has 1 saturated heterocycles. The molecule has 2 rings (SSSR count). The first-order valence-corrected chi connectivity index (χ1v) is 7.46. The smallest absolute Gasteiger partial charge is 0.161 e. The predicted octanol–water partition coefficient (Wildman–Crippen LogP) is 2.31. The molecule has 0 spiro atoms. The van der Waals surface area contributed by atoms with Crippen molar-refractivity contribution in [2.24, 2.45) is 0 Å². The lowest BCUT2D eigenvalue weighted by atomic mass is 10.1. The minimum absolute atomic E-state index is 0.294. The summed E-state index contributed by atoms with van der Waals surface area (Å²) in [5.74, 6) is 1.59. The minimum atomic E-state index is 0.294. The zero-order valence-electron chi connectivity index (χ0n) is 12.3. The van der Waals surface area contributed by atoms with Gasteiger partial charge in [-0.15, -0.1) is 0 Å². The van der Waals surface area contributed by atoms with Crippen LogP contribution in [0, 0.1) is 0 Å². The van der Waals surface area contributed by atoms with E-state index in [4.69, 9.17) is 14.6 Å². The van der Waals surface area contributed by atoms with E-state index in [0.29, 0.717) is 19.3 Å². The van der Waals surface area contributed by atoms with E-state index < -0.39 is 0 Å². The molecule has 0 amide bonds. The molecule has 4 nitrogen and oxygen atoms in total. The van der Waals surface area contributed by atoms with Crippen molar-refractivity contribution in [1.82, 2.24) is 4.90 Å². The lowest BCUT2D eigenvalue weighted by Gasteiger charge is -2.24. The molecule has 1 atom stereocenters. The fourth-order valence-corrected chi connectivity index (χ4v) is 2.85. The molecule has 1 aromatic carbocycles. The lowest BCUT2D eigenvalue weighted by molar-refractivity contribution is 0.178. The summed E-state index contributed by atoms with van der Waals surface area (Å²) >= 11 is 0. The highest BCUT2D eigenvalue weighted by molar-refractivity contribution is 5.39. The van der Waals surface area contributed by atoms with E-state index in [9.17, 15) is 0 Å². The van der Waals surface area contributed by atoms with Gasteiger partial charge in [0, 0.05) is 19.2 Å². The quantitative estimate of drug-likeness (QED) is 0.793. The monoisotopic (exact) mass is 279 g/mol. The van der Waals surface area contributed by atoms with Gasteiger partial charge in [-0.3, -0.25) is 4.90 Å².